The molecule has 4 heterocycles. The van der Waals surface area contributed by atoms with Gasteiger partial charge in [0, 0.05) is 52.7 Å². The molecule has 0 atom stereocenters. The molecule has 5 nitrogen and oxygen atoms in total. The van der Waals surface area contributed by atoms with Crippen LogP contribution < -0.4 is 9.64 Å². The first kappa shape index (κ1) is 45.5. The van der Waals surface area contributed by atoms with Gasteiger partial charge in [-0.3, -0.25) is 0 Å². The van der Waals surface area contributed by atoms with E-state index in [2.05, 4.69) is 211 Å². The van der Waals surface area contributed by atoms with Crippen molar-refractivity contribution in [3.8, 4) is 39.6 Å². The van der Waals surface area contributed by atoms with Crippen LogP contribution in [0.5, 0.6) is 11.5 Å². The molecule has 3 aromatic heterocycles. The molecule has 6 heteroatoms. The molecular formula is C69H55N4OPt-3. The summed E-state index contributed by atoms with van der Waals surface area (Å²) in [6.07, 6.45) is 0.0958. The van der Waals surface area contributed by atoms with Gasteiger partial charge in [-0.05, 0) is 136 Å². The summed E-state index contributed by atoms with van der Waals surface area (Å²) in [4.78, 5) is 7.05. The Labute approximate surface area is 456 Å². The zero-order valence-electron chi connectivity index (χ0n) is 44.7. The van der Waals surface area contributed by atoms with Crippen LogP contribution in [0.25, 0.3) is 93.2 Å². The maximum absolute atomic E-state index is 9.09. The van der Waals surface area contributed by atoms with Gasteiger partial charge in [0.25, 0.3) is 0 Å². The summed E-state index contributed by atoms with van der Waals surface area (Å²) in [5.74, 6) is 1.66. The Hall–Kier alpha value is -8.11. The van der Waals surface area contributed by atoms with E-state index in [1.165, 1.54) is 27.5 Å². The Kier molecular flexibility index (Phi) is 11.3. The topological polar surface area (TPSA) is 35.2 Å². The standard InChI is InChI=1S/C69H55N4O.Pt/c1-68(2,3)43-45-35-36-70-65(37-45)73-62-31-15-14-27-58(62)59-34-33-52(42-64(59)73)74-51-22-16-21-50(41-51)71-44-72-66-53(48-38-47(46-19-8-7-9-20-46)39-49(40-48)69(4,5)6)28-17-29-60(66)56-25-12-10-23-54(56)55-24-11-13-26-57(55)61-30-18-32-63(71)67(61)72;/h7-40,44H,43H2,1-6H3;/q-3;/i43D2;. The molecule has 0 saturated heterocycles. The Balaban J connectivity index is 0.00000596. The van der Waals surface area contributed by atoms with Crippen LogP contribution in [0.4, 0.5) is 11.4 Å². The van der Waals surface area contributed by atoms with Crippen LogP contribution in [0.1, 0.15) is 55.4 Å². The van der Waals surface area contributed by atoms with Gasteiger partial charge in [-0.25, -0.2) is 4.98 Å². The third-order valence-corrected chi connectivity index (χ3v) is 14.2. The normalized spacial score (nSPS) is 13.0. The number of para-hydroxylation sites is 3. The van der Waals surface area contributed by atoms with Gasteiger partial charge in [0.05, 0.1) is 0 Å². The first-order valence-corrected chi connectivity index (χ1v) is 25.4. The molecule has 1 aliphatic heterocycles. The fraction of sp³-hybridized carbons (Fsp3) is 0.130. The molecule has 75 heavy (non-hydrogen) atoms. The fourth-order valence-electron chi connectivity index (χ4n) is 10.9. The average Bonchev–Trinajstić information content (AvgIpc) is 4.23. The van der Waals surface area contributed by atoms with Crippen molar-refractivity contribution in [1.29, 1.82) is 0 Å². The van der Waals surface area contributed by atoms with Gasteiger partial charge in [-0.15, -0.1) is 35.7 Å². The molecule has 1 aliphatic rings. The molecule has 0 saturated carbocycles. The maximum Gasteiger partial charge on any atom is 0.135 e. The van der Waals surface area contributed by atoms with Crippen LogP contribution in [0.15, 0.2) is 206 Å². The van der Waals surface area contributed by atoms with E-state index in [-0.39, 0.29) is 26.5 Å². The number of hydrogen-bond acceptors (Lipinski definition) is 3. The summed E-state index contributed by atoms with van der Waals surface area (Å²) in [6, 6.07) is 78.1. The molecule has 0 fully saturated rings. The van der Waals surface area contributed by atoms with Crippen molar-refractivity contribution in [2.45, 2.75) is 53.3 Å². The Bertz CT molecular complexity index is 4370. The summed E-state index contributed by atoms with van der Waals surface area (Å²) in [5.41, 5.74) is 11.4. The van der Waals surface area contributed by atoms with E-state index < -0.39 is 11.8 Å². The van der Waals surface area contributed by atoms with Crippen LogP contribution in [-0.2, 0) is 32.9 Å². The average molecular weight is 1150 g/mol. The van der Waals surface area contributed by atoms with Crippen molar-refractivity contribution in [2.75, 3.05) is 4.90 Å². The van der Waals surface area contributed by atoms with E-state index in [1.807, 2.05) is 57.2 Å². The molecule has 0 radical (unpaired) electrons. The van der Waals surface area contributed by atoms with E-state index >= 15 is 0 Å². The van der Waals surface area contributed by atoms with Gasteiger partial charge >= 0.3 is 0 Å². The summed E-state index contributed by atoms with van der Waals surface area (Å²) < 4.78 is 29.4. The molecule has 0 spiro atoms. The van der Waals surface area contributed by atoms with Crippen molar-refractivity contribution < 1.29 is 28.5 Å². The number of benzene rings is 9. The van der Waals surface area contributed by atoms with Crippen LogP contribution >= 0.6 is 0 Å². The predicted octanol–water partition coefficient (Wildman–Crippen LogP) is 18.4. The van der Waals surface area contributed by atoms with Gasteiger partial charge in [0.15, 0.2) is 0 Å². The van der Waals surface area contributed by atoms with Gasteiger partial charge in [-0.1, -0.05) is 192 Å². The first-order valence-electron chi connectivity index (χ1n) is 26.4. The summed E-state index contributed by atoms with van der Waals surface area (Å²) in [6.45, 7) is 14.9. The molecule has 13 rings (SSSR count). The zero-order chi connectivity index (χ0) is 52.1. The minimum atomic E-state index is -1.60. The molecule has 0 amide bonds. The van der Waals surface area contributed by atoms with Crippen molar-refractivity contribution in [3.05, 3.63) is 236 Å². The quantitative estimate of drug-likeness (QED) is 0.149. The summed E-state index contributed by atoms with van der Waals surface area (Å²) in [7, 11) is 0. The van der Waals surface area contributed by atoms with Crippen LogP contribution in [0.2, 0.25) is 0 Å². The zero-order valence-corrected chi connectivity index (χ0v) is 45.0. The molecule has 0 unspecified atom stereocenters. The van der Waals surface area contributed by atoms with E-state index in [0.717, 1.165) is 76.9 Å². The van der Waals surface area contributed by atoms with E-state index in [1.54, 1.807) is 12.3 Å². The van der Waals surface area contributed by atoms with Crippen molar-refractivity contribution in [2.24, 2.45) is 5.41 Å². The molecule has 0 aliphatic carbocycles. The number of anilines is 2. The van der Waals surface area contributed by atoms with Gasteiger partial charge in [0.1, 0.15) is 5.82 Å². The minimum absolute atomic E-state index is 0. The number of fused-ring (bicyclic) bond motifs is 10. The van der Waals surface area contributed by atoms with Crippen molar-refractivity contribution in [1.82, 2.24) is 14.1 Å². The molecule has 0 N–H and O–H groups in total. The van der Waals surface area contributed by atoms with Crippen molar-refractivity contribution in [3.63, 3.8) is 0 Å². The molecule has 12 aromatic rings. The van der Waals surface area contributed by atoms with E-state index in [9.17, 15) is 0 Å². The second-order valence-electron chi connectivity index (χ2n) is 21.5. The van der Waals surface area contributed by atoms with Gasteiger partial charge in [-0.2, -0.15) is 12.1 Å². The number of aromatic nitrogens is 3. The van der Waals surface area contributed by atoms with Crippen molar-refractivity contribution >= 4 is 76.5 Å². The minimum Gasteiger partial charge on any atom is -0.509 e. The molecule has 370 valence electrons. The van der Waals surface area contributed by atoms with E-state index in [4.69, 9.17) is 12.5 Å². The molecule has 9 aromatic carbocycles. The maximum atomic E-state index is 9.09. The third-order valence-electron chi connectivity index (χ3n) is 14.2. The summed E-state index contributed by atoms with van der Waals surface area (Å²) >= 11 is 0. The number of hydrogen-bond donors (Lipinski definition) is 0. The van der Waals surface area contributed by atoms with Gasteiger partial charge in [0.2, 0.25) is 0 Å². The number of nitrogens with zero attached hydrogens (tertiary/aromatic N) is 4. The summed E-state index contributed by atoms with van der Waals surface area (Å²) in [5, 5.41) is 8.96. The Morgan fingerprint density at radius 1 is 0.533 bits per heavy atom. The smallest absolute Gasteiger partial charge is 0.135 e. The monoisotopic (exact) mass is 1150 g/mol. The van der Waals surface area contributed by atoms with Gasteiger partial charge < -0.3 is 18.8 Å². The number of rotatable bonds is 7. The van der Waals surface area contributed by atoms with E-state index in [0.29, 0.717) is 22.9 Å². The van der Waals surface area contributed by atoms with Crippen LogP contribution in [0, 0.1) is 24.2 Å². The second kappa shape index (κ2) is 18.7. The number of pyridine rings is 1. The molecular weight excluding hydrogens is 1100 g/mol. The second-order valence-corrected chi connectivity index (χ2v) is 21.5. The number of ether oxygens (including phenoxy) is 1. The van der Waals surface area contributed by atoms with Crippen LogP contribution in [0.3, 0.4) is 0 Å². The Morgan fingerprint density at radius 2 is 1.15 bits per heavy atom. The first-order chi connectivity index (χ1) is 36.7. The molecule has 0 bridgehead atoms. The SMILES string of the molecule is [2H]C([2H])(c1ccnc(-n2c3[c-]c(Oc4[c-]c(N5[CH-]n6c7c(-c8cc(-c9ccccc9)cc(C(C)(C)C)c8)cccc7c7ccccc7c7ccccc7c7cccc5c76)ccc4)ccc3c3ccccc32)c1)C(C)(C)C.[Pt]. The predicted molar refractivity (Wildman–Crippen MR) is 309 cm³/mol. The van der Waals surface area contributed by atoms with Crippen LogP contribution in [-0.4, -0.2) is 14.1 Å². The fourth-order valence-corrected chi connectivity index (χ4v) is 10.9. The third kappa shape index (κ3) is 8.60. The Morgan fingerprint density at radius 3 is 1.87 bits per heavy atom. The largest absolute Gasteiger partial charge is 0.509 e.